The van der Waals surface area contributed by atoms with Crippen molar-refractivity contribution in [1.82, 2.24) is 4.90 Å². The maximum absolute atomic E-state index is 12.1. The van der Waals surface area contributed by atoms with Gasteiger partial charge in [-0.25, -0.2) is 8.42 Å². The Labute approximate surface area is 164 Å². The fraction of sp³-hybridized carbons (Fsp3) is 0.556. The first-order valence-corrected chi connectivity index (χ1v) is 10.7. The van der Waals surface area contributed by atoms with Crippen LogP contribution in [0.15, 0.2) is 12.1 Å². The Morgan fingerprint density at radius 3 is 2.50 bits per heavy atom. The Hall–Kier alpha value is -2.33. The van der Waals surface area contributed by atoms with Crippen LogP contribution < -0.4 is 14.2 Å². The topological polar surface area (TPSA) is 108 Å². The number of hydrogen-bond donors (Lipinski definition) is 0. The van der Waals surface area contributed by atoms with E-state index in [4.69, 9.17) is 18.9 Å². The van der Waals surface area contributed by atoms with E-state index >= 15 is 0 Å². The average Bonchev–Trinajstić information content (AvgIpc) is 2.64. The number of hydrogen-bond acceptors (Lipinski definition) is 8. The summed E-state index contributed by atoms with van der Waals surface area (Å²) in [6.07, 6.45) is 0.539. The molecule has 2 rings (SSSR count). The zero-order valence-electron chi connectivity index (χ0n) is 16.4. The molecule has 0 spiro atoms. The Kier molecular flexibility index (Phi) is 7.25. The Morgan fingerprint density at radius 1 is 1.21 bits per heavy atom. The van der Waals surface area contributed by atoms with Gasteiger partial charge < -0.3 is 23.8 Å². The van der Waals surface area contributed by atoms with Crippen LogP contribution in [0.2, 0.25) is 0 Å². The third kappa shape index (κ3) is 5.59. The van der Waals surface area contributed by atoms with Gasteiger partial charge in [0.25, 0.3) is 0 Å². The molecule has 0 aromatic heterocycles. The molecule has 1 aromatic carbocycles. The summed E-state index contributed by atoms with van der Waals surface area (Å²) in [4.78, 5) is 25.5. The zero-order chi connectivity index (χ0) is 20.9. The van der Waals surface area contributed by atoms with Crippen LogP contribution in [0.4, 0.5) is 0 Å². The predicted octanol–water partition coefficient (Wildman–Crippen LogP) is 0.557. The average molecular weight is 415 g/mol. The highest BCUT2D eigenvalue weighted by Crippen LogP contribution is 2.40. The van der Waals surface area contributed by atoms with E-state index in [1.807, 2.05) is 0 Å². The third-order valence-corrected chi connectivity index (χ3v) is 4.94. The lowest BCUT2D eigenvalue weighted by molar-refractivity contribution is -0.137. The molecule has 1 fully saturated rings. The fourth-order valence-corrected chi connectivity index (χ4v) is 3.49. The molecule has 0 radical (unpaired) electrons. The molecule has 1 aromatic rings. The fourth-order valence-electron chi connectivity index (χ4n) is 2.86. The van der Waals surface area contributed by atoms with Crippen molar-refractivity contribution in [2.75, 3.05) is 52.5 Å². The number of rotatable bonds is 8. The molecule has 1 saturated heterocycles. The van der Waals surface area contributed by atoms with E-state index in [-0.39, 0.29) is 37.0 Å². The van der Waals surface area contributed by atoms with E-state index in [2.05, 4.69) is 0 Å². The van der Waals surface area contributed by atoms with Crippen LogP contribution in [0, 0.1) is 0 Å². The maximum Gasteiger partial charge on any atom is 0.237 e. The summed E-state index contributed by atoms with van der Waals surface area (Å²) in [5.41, 5.74) is 0.332. The van der Waals surface area contributed by atoms with Gasteiger partial charge in [-0.2, -0.15) is 0 Å². The molecule has 1 aliphatic heterocycles. The highest BCUT2D eigenvalue weighted by atomic mass is 32.2. The molecular formula is C18H25NO8S. The van der Waals surface area contributed by atoms with E-state index in [0.29, 0.717) is 17.9 Å². The maximum atomic E-state index is 12.1. The number of nitrogens with zero attached hydrogens (tertiary/aromatic N) is 1. The van der Waals surface area contributed by atoms with Gasteiger partial charge >= 0.3 is 0 Å². The smallest absolute Gasteiger partial charge is 0.237 e. The summed E-state index contributed by atoms with van der Waals surface area (Å²) < 4.78 is 44.7. The summed E-state index contributed by atoms with van der Waals surface area (Å²) >= 11 is 0. The largest absolute Gasteiger partial charge is 0.493 e. The Bertz CT molecular complexity index is 836. The Morgan fingerprint density at radius 2 is 1.93 bits per heavy atom. The number of sulfone groups is 1. The van der Waals surface area contributed by atoms with E-state index in [1.54, 1.807) is 12.1 Å². The molecule has 1 unspecified atom stereocenters. The normalized spacial score (nSPS) is 17.1. The van der Waals surface area contributed by atoms with Crippen molar-refractivity contribution >= 4 is 21.5 Å². The van der Waals surface area contributed by atoms with E-state index in [0.717, 1.165) is 6.26 Å². The monoisotopic (exact) mass is 415 g/mol. The number of amides is 1. The number of ether oxygens (including phenoxy) is 4. The minimum atomic E-state index is -3.41. The lowest BCUT2D eigenvalue weighted by Gasteiger charge is -2.33. The van der Waals surface area contributed by atoms with Crippen LogP contribution in [-0.4, -0.2) is 83.6 Å². The molecule has 0 bridgehead atoms. The van der Waals surface area contributed by atoms with Crippen molar-refractivity contribution in [3.63, 3.8) is 0 Å². The first-order chi connectivity index (χ1) is 13.2. The molecule has 1 atom stereocenters. The van der Waals surface area contributed by atoms with Crippen molar-refractivity contribution in [2.24, 2.45) is 0 Å². The molecule has 28 heavy (non-hydrogen) atoms. The summed E-state index contributed by atoms with van der Waals surface area (Å²) in [7, 11) is -0.490. The number of morpholine rings is 1. The van der Waals surface area contributed by atoms with Gasteiger partial charge in [-0.05, 0) is 19.1 Å². The summed E-state index contributed by atoms with van der Waals surface area (Å²) in [6.45, 7) is 2.23. The molecular weight excluding hydrogens is 390 g/mol. The third-order valence-electron chi connectivity index (χ3n) is 4.17. The molecule has 0 saturated carbocycles. The second-order valence-corrected chi connectivity index (χ2v) is 8.59. The van der Waals surface area contributed by atoms with Crippen LogP contribution in [0.25, 0.3) is 0 Å². The number of Topliss-reactive ketones (excluding diaryl/α,β-unsaturated/α-hetero) is 1. The van der Waals surface area contributed by atoms with Crippen molar-refractivity contribution in [3.05, 3.63) is 17.7 Å². The molecule has 1 amide bonds. The number of benzene rings is 1. The van der Waals surface area contributed by atoms with Gasteiger partial charge in [-0.3, -0.25) is 9.59 Å². The number of ketones is 1. The molecule has 9 nitrogen and oxygen atoms in total. The van der Waals surface area contributed by atoms with Crippen LogP contribution in [0.5, 0.6) is 17.2 Å². The van der Waals surface area contributed by atoms with E-state index in [1.165, 1.54) is 26.0 Å². The molecule has 1 heterocycles. The number of carbonyl (C=O) groups excluding carboxylic acids is 2. The summed E-state index contributed by atoms with van der Waals surface area (Å²) in [5.74, 6) is -0.283. The minimum Gasteiger partial charge on any atom is -0.493 e. The van der Waals surface area contributed by atoms with Crippen LogP contribution in [0.3, 0.4) is 0 Å². The first-order valence-electron chi connectivity index (χ1n) is 8.62. The molecule has 0 aliphatic carbocycles. The lowest BCUT2D eigenvalue weighted by atomic mass is 10.1. The standard InChI is InChI=1S/C18H25NO8S/c1-12(20)14-5-6-15(24-2)18(25-3)17(14)27-10-13-9-19(7-8-26-13)16(21)11-28(4,22)23/h5-6,13H,7-11H2,1-4H3. The van der Waals surface area contributed by atoms with Gasteiger partial charge in [0.2, 0.25) is 11.7 Å². The number of carbonyl (C=O) groups is 2. The minimum absolute atomic E-state index is 0.0481. The lowest BCUT2D eigenvalue weighted by Crippen LogP contribution is -2.49. The zero-order valence-corrected chi connectivity index (χ0v) is 17.2. The van der Waals surface area contributed by atoms with Gasteiger partial charge in [0, 0.05) is 12.8 Å². The molecule has 0 N–H and O–H groups in total. The second kappa shape index (κ2) is 9.24. The summed E-state index contributed by atoms with van der Waals surface area (Å²) in [5, 5.41) is 0. The van der Waals surface area contributed by atoms with Gasteiger partial charge in [-0.15, -0.1) is 0 Å². The van der Waals surface area contributed by atoms with Crippen molar-refractivity contribution in [2.45, 2.75) is 13.0 Å². The number of methoxy groups -OCH3 is 2. The van der Waals surface area contributed by atoms with Gasteiger partial charge in [-0.1, -0.05) is 0 Å². The van der Waals surface area contributed by atoms with Crippen molar-refractivity contribution < 1.29 is 37.0 Å². The van der Waals surface area contributed by atoms with Crippen LogP contribution in [0.1, 0.15) is 17.3 Å². The van der Waals surface area contributed by atoms with E-state index < -0.39 is 27.6 Å². The van der Waals surface area contributed by atoms with Crippen molar-refractivity contribution in [3.8, 4) is 17.2 Å². The first kappa shape index (κ1) is 22.0. The van der Waals surface area contributed by atoms with Gasteiger partial charge in [0.1, 0.15) is 18.5 Å². The second-order valence-electron chi connectivity index (χ2n) is 6.45. The molecule has 10 heteroatoms. The molecule has 1 aliphatic rings. The molecule has 156 valence electrons. The summed E-state index contributed by atoms with van der Waals surface area (Å²) in [6, 6.07) is 3.20. The Balaban J connectivity index is 2.13. The van der Waals surface area contributed by atoms with E-state index in [9.17, 15) is 18.0 Å². The van der Waals surface area contributed by atoms with Crippen molar-refractivity contribution in [1.29, 1.82) is 0 Å². The highest BCUT2D eigenvalue weighted by Gasteiger charge is 2.28. The van der Waals surface area contributed by atoms with Gasteiger partial charge in [0.05, 0.1) is 32.9 Å². The quantitative estimate of drug-likeness (QED) is 0.567. The van der Waals surface area contributed by atoms with Crippen LogP contribution in [-0.2, 0) is 19.4 Å². The predicted molar refractivity (Wildman–Crippen MR) is 101 cm³/mol. The van der Waals surface area contributed by atoms with Crippen LogP contribution >= 0.6 is 0 Å². The highest BCUT2D eigenvalue weighted by molar-refractivity contribution is 7.91. The van der Waals surface area contributed by atoms with Gasteiger partial charge in [0.15, 0.2) is 27.1 Å². The SMILES string of the molecule is COc1ccc(C(C)=O)c(OCC2CN(C(=O)CS(C)(=O)=O)CCO2)c1OC.